The van der Waals surface area contributed by atoms with Crippen LogP contribution in [0.4, 0.5) is 11.4 Å². The first kappa shape index (κ1) is 26.7. The number of anilines is 1. The lowest BCUT2D eigenvalue weighted by Gasteiger charge is -2.15. The van der Waals surface area contributed by atoms with Gasteiger partial charge in [0, 0.05) is 24.2 Å². The second kappa shape index (κ2) is 11.7. The minimum Gasteiger partial charge on any atom is -0.386 e. The van der Waals surface area contributed by atoms with Gasteiger partial charge in [-0.05, 0) is 48.5 Å². The number of nitriles is 1. The highest BCUT2D eigenvalue weighted by Gasteiger charge is 2.27. The molecule has 0 bridgehead atoms. The largest absolute Gasteiger partial charge is 0.386 e. The molecule has 188 valence electrons. The molecule has 0 radical (unpaired) electrons. The van der Waals surface area contributed by atoms with Crippen LogP contribution in [0.5, 0.6) is 0 Å². The lowest BCUT2D eigenvalue weighted by atomic mass is 10.1. The predicted octanol–water partition coefficient (Wildman–Crippen LogP) is 3.53. The third-order valence-corrected chi connectivity index (χ3v) is 6.95. The van der Waals surface area contributed by atoms with Crippen LogP contribution in [0.3, 0.4) is 0 Å². The molecule has 0 unspecified atom stereocenters. The number of nitrogens with one attached hydrogen (secondary N) is 1. The van der Waals surface area contributed by atoms with Crippen molar-refractivity contribution in [1.29, 1.82) is 5.26 Å². The van der Waals surface area contributed by atoms with Crippen LogP contribution in [-0.4, -0.2) is 36.9 Å². The van der Waals surface area contributed by atoms with Crippen LogP contribution < -0.4 is 5.32 Å². The van der Waals surface area contributed by atoms with Gasteiger partial charge < -0.3 is 10.1 Å². The Balaban J connectivity index is 1.66. The molecule has 0 spiro atoms. The number of nitrogens with zero attached hydrogens (tertiary/aromatic N) is 2. The fraction of sp³-hybridized carbons (Fsp3) is 0.120. The first-order chi connectivity index (χ1) is 17.6. The summed E-state index contributed by atoms with van der Waals surface area (Å²) in [4.78, 5) is 46.9. The maximum absolute atomic E-state index is 12.7. The molecule has 12 heteroatoms. The fourth-order valence-electron chi connectivity index (χ4n) is 3.18. The smallest absolute Gasteiger partial charge is 0.346 e. The third-order valence-electron chi connectivity index (χ3n) is 5.12. The Morgan fingerprint density at radius 3 is 2.03 bits per heavy atom. The van der Waals surface area contributed by atoms with Gasteiger partial charge in [0.2, 0.25) is 5.91 Å². The number of hydrogen-bond donors (Lipinski definition) is 1. The molecular weight excluding hydrogens is 502 g/mol. The summed E-state index contributed by atoms with van der Waals surface area (Å²) in [6, 6.07) is 19.2. The average molecular weight is 522 g/mol. The Bertz CT molecular complexity index is 1460. The number of hydrogen-bond acceptors (Lipinski definition) is 9. The summed E-state index contributed by atoms with van der Waals surface area (Å²) in [6.07, 6.45) is -0.399. The van der Waals surface area contributed by atoms with Gasteiger partial charge in [0.1, 0.15) is 0 Å². The van der Waals surface area contributed by atoms with E-state index >= 15 is 0 Å². The van der Waals surface area contributed by atoms with Crippen molar-refractivity contribution in [3.05, 3.63) is 100 Å². The maximum Gasteiger partial charge on any atom is 0.346 e. The second-order valence-corrected chi connectivity index (χ2v) is 9.74. The number of carbonyl (C=O) groups is 3. The molecule has 1 amide bonds. The van der Waals surface area contributed by atoms with Crippen molar-refractivity contribution in [1.82, 2.24) is 0 Å². The molecule has 0 aliphatic rings. The van der Waals surface area contributed by atoms with E-state index in [1.165, 1.54) is 36.4 Å². The normalized spacial score (nSPS) is 11.5. The van der Waals surface area contributed by atoms with Crippen molar-refractivity contribution in [3.8, 4) is 6.07 Å². The summed E-state index contributed by atoms with van der Waals surface area (Å²) in [5.41, 5.74) is 0.164. The van der Waals surface area contributed by atoms with Crippen LogP contribution in [0.15, 0.2) is 83.8 Å². The highest BCUT2D eigenvalue weighted by molar-refractivity contribution is 7.91. The Morgan fingerprint density at radius 2 is 1.49 bits per heavy atom. The molecule has 0 aromatic heterocycles. The molecule has 0 aliphatic heterocycles. The number of amides is 1. The van der Waals surface area contributed by atoms with E-state index in [9.17, 15) is 32.9 Å². The van der Waals surface area contributed by atoms with E-state index in [1.807, 2.05) is 0 Å². The van der Waals surface area contributed by atoms with Crippen LogP contribution in [0.25, 0.3) is 0 Å². The summed E-state index contributed by atoms with van der Waals surface area (Å²) in [6.45, 7) is 0. The SMILES string of the molecule is N#CC[C@H](CS(=O)(=O)c1ccc([N+](=O)[O-])cc1)C(=O)Nc1ccc(C(=O)OC(=O)c2ccccc2)cc1. The van der Waals surface area contributed by atoms with Gasteiger partial charge in [-0.25, -0.2) is 18.0 Å². The Hall–Kier alpha value is -4.89. The number of esters is 2. The molecule has 3 aromatic carbocycles. The summed E-state index contributed by atoms with van der Waals surface area (Å²) >= 11 is 0. The van der Waals surface area contributed by atoms with Gasteiger partial charge in [0.15, 0.2) is 9.84 Å². The highest BCUT2D eigenvalue weighted by Crippen LogP contribution is 2.21. The molecule has 1 atom stereocenters. The molecule has 0 saturated carbocycles. The lowest BCUT2D eigenvalue weighted by molar-refractivity contribution is -0.384. The van der Waals surface area contributed by atoms with E-state index in [4.69, 9.17) is 10.00 Å². The van der Waals surface area contributed by atoms with Crippen LogP contribution >= 0.6 is 0 Å². The summed E-state index contributed by atoms with van der Waals surface area (Å²) in [5, 5.41) is 22.4. The molecule has 37 heavy (non-hydrogen) atoms. The number of ether oxygens (including phenoxy) is 1. The van der Waals surface area contributed by atoms with E-state index in [1.54, 1.807) is 24.3 Å². The van der Waals surface area contributed by atoms with E-state index < -0.39 is 50.7 Å². The van der Waals surface area contributed by atoms with Crippen LogP contribution in [0.1, 0.15) is 27.1 Å². The second-order valence-electron chi connectivity index (χ2n) is 7.70. The highest BCUT2D eigenvalue weighted by atomic mass is 32.2. The van der Waals surface area contributed by atoms with Gasteiger partial charge in [0.25, 0.3) is 5.69 Å². The van der Waals surface area contributed by atoms with Crippen molar-refractivity contribution >= 4 is 39.1 Å². The molecule has 0 saturated heterocycles. The summed E-state index contributed by atoms with van der Waals surface area (Å²) in [5.74, 6) is -4.41. The van der Waals surface area contributed by atoms with Crippen LogP contribution in [0, 0.1) is 27.4 Å². The quantitative estimate of drug-likeness (QED) is 0.191. The first-order valence-corrected chi connectivity index (χ1v) is 12.3. The van der Waals surface area contributed by atoms with Crippen molar-refractivity contribution < 1.29 is 32.5 Å². The molecule has 0 aliphatic carbocycles. The van der Waals surface area contributed by atoms with Gasteiger partial charge >= 0.3 is 11.9 Å². The number of sulfone groups is 1. The van der Waals surface area contributed by atoms with Crippen LogP contribution in [0.2, 0.25) is 0 Å². The first-order valence-electron chi connectivity index (χ1n) is 10.7. The van der Waals surface area contributed by atoms with Crippen molar-refractivity contribution in [3.63, 3.8) is 0 Å². The van der Waals surface area contributed by atoms with Gasteiger partial charge in [-0.2, -0.15) is 5.26 Å². The molecule has 1 N–H and O–H groups in total. The molecule has 0 heterocycles. The monoisotopic (exact) mass is 521 g/mol. The number of non-ortho nitro benzene ring substituents is 1. The number of nitro benzene ring substituents is 1. The van der Waals surface area contributed by atoms with Crippen molar-refractivity contribution in [2.75, 3.05) is 11.1 Å². The fourth-order valence-corrected chi connectivity index (χ4v) is 4.73. The van der Waals surface area contributed by atoms with E-state index in [0.29, 0.717) is 0 Å². The predicted molar refractivity (Wildman–Crippen MR) is 130 cm³/mol. The number of benzene rings is 3. The zero-order valence-electron chi connectivity index (χ0n) is 19.1. The van der Waals surface area contributed by atoms with E-state index in [2.05, 4.69) is 5.32 Å². The average Bonchev–Trinajstić information content (AvgIpc) is 2.89. The summed E-state index contributed by atoms with van der Waals surface area (Å²) in [7, 11) is -4.04. The Labute approximate surface area is 211 Å². The molecule has 3 rings (SSSR count). The minimum atomic E-state index is -4.04. The van der Waals surface area contributed by atoms with Crippen molar-refractivity contribution in [2.24, 2.45) is 5.92 Å². The van der Waals surface area contributed by atoms with Gasteiger partial charge in [-0.3, -0.25) is 14.9 Å². The number of carbonyl (C=O) groups excluding carboxylic acids is 3. The van der Waals surface area contributed by atoms with E-state index in [0.717, 1.165) is 24.3 Å². The molecule has 0 fully saturated rings. The van der Waals surface area contributed by atoms with Gasteiger partial charge in [-0.1, -0.05) is 18.2 Å². The van der Waals surface area contributed by atoms with Gasteiger partial charge in [0.05, 0.1) is 38.7 Å². The van der Waals surface area contributed by atoms with Crippen LogP contribution in [-0.2, 0) is 19.4 Å². The third kappa shape index (κ3) is 7.06. The zero-order chi connectivity index (χ0) is 27.0. The Kier molecular flexibility index (Phi) is 8.44. The minimum absolute atomic E-state index is 0.0385. The maximum atomic E-state index is 12.7. The molecular formula is C25H19N3O8S. The standard InChI is InChI=1S/C25H19N3O8S/c26-15-14-19(16-37(34,35)22-12-10-21(11-13-22)28(32)33)23(29)27-20-8-6-18(7-9-20)25(31)36-24(30)17-4-2-1-3-5-17/h1-13,19H,14,16H2,(H,27,29)/t19-/m1/s1. The van der Waals surface area contributed by atoms with Gasteiger partial charge in [-0.15, -0.1) is 0 Å². The number of nitro groups is 1. The molecule has 3 aromatic rings. The summed E-state index contributed by atoms with van der Waals surface area (Å²) < 4.78 is 30.3. The lowest BCUT2D eigenvalue weighted by Crippen LogP contribution is -2.29. The van der Waals surface area contributed by atoms with E-state index in [-0.39, 0.29) is 27.4 Å². The number of rotatable bonds is 9. The molecule has 11 nitrogen and oxygen atoms in total. The van der Waals surface area contributed by atoms with Crippen molar-refractivity contribution in [2.45, 2.75) is 11.3 Å². The topological polar surface area (TPSA) is 174 Å². The Morgan fingerprint density at radius 1 is 0.919 bits per heavy atom. The zero-order valence-corrected chi connectivity index (χ0v) is 19.9.